The Balaban J connectivity index is 1.57. The minimum absolute atomic E-state index is 0.183. The summed E-state index contributed by atoms with van der Waals surface area (Å²) < 4.78 is 5.59. The summed E-state index contributed by atoms with van der Waals surface area (Å²) in [4.78, 5) is 19.6. The van der Waals surface area contributed by atoms with Crippen LogP contribution in [0, 0.1) is 0 Å². The van der Waals surface area contributed by atoms with Crippen molar-refractivity contribution >= 4 is 35.1 Å². The predicted octanol–water partition coefficient (Wildman–Crippen LogP) is 2.84. The monoisotopic (exact) mass is 396 g/mol. The van der Waals surface area contributed by atoms with Crippen molar-refractivity contribution in [1.82, 2.24) is 15.2 Å². The summed E-state index contributed by atoms with van der Waals surface area (Å²) in [6.07, 6.45) is 3.22. The predicted molar refractivity (Wildman–Crippen MR) is 107 cm³/mol. The number of hydrogen-bond acceptors (Lipinski definition) is 5. The van der Waals surface area contributed by atoms with E-state index in [0.717, 1.165) is 0 Å². The molecule has 1 aromatic heterocycles. The highest BCUT2D eigenvalue weighted by Crippen LogP contribution is 2.17. The van der Waals surface area contributed by atoms with Gasteiger partial charge >= 0.3 is 0 Å². The van der Waals surface area contributed by atoms with Gasteiger partial charge in [-0.25, -0.2) is 9.98 Å². The van der Waals surface area contributed by atoms with Crippen molar-refractivity contribution in [2.45, 2.75) is 6.61 Å². The first-order valence-corrected chi connectivity index (χ1v) is 8.59. The smallest absolute Gasteiger partial charge is 0.248 e. The molecule has 2 aromatic carbocycles. The van der Waals surface area contributed by atoms with Crippen molar-refractivity contribution in [1.29, 1.82) is 0 Å². The number of carbonyl (C=O) groups excluding carboxylic acids is 1. The van der Waals surface area contributed by atoms with Gasteiger partial charge in [-0.3, -0.25) is 9.89 Å². The maximum Gasteiger partial charge on any atom is 0.248 e. The number of amidine groups is 1. The third kappa shape index (κ3) is 5.42. The number of benzene rings is 2. The molecule has 8 nitrogen and oxygen atoms in total. The van der Waals surface area contributed by atoms with Crippen LogP contribution in [-0.4, -0.2) is 26.9 Å². The molecular weight excluding hydrogens is 380 g/mol. The molecule has 0 unspecified atom stereocenters. The number of nitrogens with zero attached hydrogens (tertiary/aromatic N) is 3. The molecule has 5 N–H and O–H groups in total. The molecule has 0 atom stereocenters. The molecule has 3 aromatic rings. The summed E-state index contributed by atoms with van der Waals surface area (Å²) in [6.45, 7) is 0.183. The van der Waals surface area contributed by atoms with Gasteiger partial charge < -0.3 is 16.2 Å². The zero-order valence-electron chi connectivity index (χ0n) is 14.7. The largest absolute Gasteiger partial charge is 0.486 e. The summed E-state index contributed by atoms with van der Waals surface area (Å²) in [6, 6.07) is 13.6. The van der Waals surface area contributed by atoms with E-state index in [1.54, 1.807) is 60.7 Å². The van der Waals surface area contributed by atoms with Crippen molar-refractivity contribution < 1.29 is 9.53 Å². The summed E-state index contributed by atoms with van der Waals surface area (Å²) in [7, 11) is 0. The van der Waals surface area contributed by atoms with Gasteiger partial charge in [0.1, 0.15) is 18.2 Å². The van der Waals surface area contributed by atoms with Crippen molar-refractivity contribution in [2.24, 2.45) is 16.5 Å². The van der Waals surface area contributed by atoms with E-state index in [0.29, 0.717) is 39.5 Å². The lowest BCUT2D eigenvalue weighted by Crippen LogP contribution is -2.10. The maximum atomic E-state index is 11.0. The molecule has 1 heterocycles. The third-order valence-electron chi connectivity index (χ3n) is 3.53. The van der Waals surface area contributed by atoms with E-state index in [1.807, 2.05) is 0 Å². The fourth-order valence-electron chi connectivity index (χ4n) is 2.21. The van der Waals surface area contributed by atoms with Gasteiger partial charge in [-0.15, -0.1) is 0 Å². The van der Waals surface area contributed by atoms with Crippen molar-refractivity contribution in [3.8, 4) is 5.75 Å². The Morgan fingerprint density at radius 3 is 2.71 bits per heavy atom. The average Bonchev–Trinajstić information content (AvgIpc) is 3.13. The van der Waals surface area contributed by atoms with Crippen LogP contribution in [0.1, 0.15) is 22.0 Å². The van der Waals surface area contributed by atoms with E-state index in [1.165, 1.54) is 0 Å². The highest BCUT2D eigenvalue weighted by molar-refractivity contribution is 6.30. The molecular formula is C19H17ClN6O2. The van der Waals surface area contributed by atoms with Gasteiger partial charge in [0.25, 0.3) is 0 Å². The molecule has 0 saturated heterocycles. The minimum Gasteiger partial charge on any atom is -0.486 e. The summed E-state index contributed by atoms with van der Waals surface area (Å²) in [5.74, 6) is 1.35. The van der Waals surface area contributed by atoms with Crippen LogP contribution in [-0.2, 0) is 6.61 Å². The lowest BCUT2D eigenvalue weighted by atomic mass is 10.2. The SMILES string of the molecule is NC(=O)c1ccc(OCc2nc(/C=C\C(N)=Nc3cccc(Cl)c3)n[nH]2)cc1. The number of rotatable bonds is 7. The summed E-state index contributed by atoms with van der Waals surface area (Å²) >= 11 is 5.91. The number of hydrogen-bond donors (Lipinski definition) is 3. The highest BCUT2D eigenvalue weighted by Gasteiger charge is 2.04. The lowest BCUT2D eigenvalue weighted by Gasteiger charge is -2.03. The van der Waals surface area contributed by atoms with Crippen LogP contribution in [0.4, 0.5) is 5.69 Å². The topological polar surface area (TPSA) is 132 Å². The molecule has 28 heavy (non-hydrogen) atoms. The normalized spacial score (nSPS) is 11.7. The van der Waals surface area contributed by atoms with Crippen LogP contribution in [0.15, 0.2) is 59.6 Å². The van der Waals surface area contributed by atoms with Crippen LogP contribution in [0.3, 0.4) is 0 Å². The van der Waals surface area contributed by atoms with Crippen molar-refractivity contribution in [3.63, 3.8) is 0 Å². The van der Waals surface area contributed by atoms with Gasteiger partial charge in [-0.2, -0.15) is 5.10 Å². The lowest BCUT2D eigenvalue weighted by molar-refractivity contribution is 0.1000. The Morgan fingerprint density at radius 2 is 2.00 bits per heavy atom. The first kappa shape index (κ1) is 19.1. The van der Waals surface area contributed by atoms with E-state index < -0.39 is 5.91 Å². The van der Waals surface area contributed by atoms with Gasteiger partial charge in [-0.1, -0.05) is 17.7 Å². The fraction of sp³-hybridized carbons (Fsp3) is 0.0526. The first-order chi connectivity index (χ1) is 13.5. The van der Waals surface area contributed by atoms with Gasteiger partial charge in [-0.05, 0) is 54.6 Å². The van der Waals surface area contributed by atoms with Crippen LogP contribution >= 0.6 is 11.6 Å². The Kier molecular flexibility index (Phi) is 6.03. The molecule has 0 radical (unpaired) electrons. The molecule has 9 heteroatoms. The maximum absolute atomic E-state index is 11.0. The second-order valence-electron chi connectivity index (χ2n) is 5.67. The number of halogens is 1. The number of aromatic amines is 1. The van der Waals surface area contributed by atoms with E-state index in [-0.39, 0.29) is 6.61 Å². The number of nitrogens with two attached hydrogens (primary N) is 2. The first-order valence-electron chi connectivity index (χ1n) is 8.21. The number of amides is 1. The van der Waals surface area contributed by atoms with Gasteiger partial charge in [0.15, 0.2) is 11.6 Å². The van der Waals surface area contributed by atoms with Crippen LogP contribution in [0.25, 0.3) is 6.08 Å². The van der Waals surface area contributed by atoms with E-state index in [9.17, 15) is 4.79 Å². The quantitative estimate of drug-likeness (QED) is 0.417. The second kappa shape index (κ2) is 8.83. The molecule has 0 aliphatic heterocycles. The molecule has 0 bridgehead atoms. The van der Waals surface area contributed by atoms with Crippen LogP contribution in [0.5, 0.6) is 5.75 Å². The minimum atomic E-state index is -0.489. The van der Waals surface area contributed by atoms with Crippen LogP contribution < -0.4 is 16.2 Å². The Bertz CT molecular complexity index is 1030. The Hall–Kier alpha value is -3.65. The van der Waals surface area contributed by atoms with E-state index >= 15 is 0 Å². The summed E-state index contributed by atoms with van der Waals surface area (Å²) in [5.41, 5.74) is 12.1. The molecule has 0 spiro atoms. The number of H-pyrrole nitrogens is 1. The number of aromatic nitrogens is 3. The molecule has 3 rings (SSSR count). The van der Waals surface area contributed by atoms with E-state index in [4.69, 9.17) is 27.8 Å². The molecule has 0 aliphatic carbocycles. The number of nitrogens with one attached hydrogen (secondary N) is 1. The standard InChI is InChI=1S/C19H17ClN6O2/c20-13-2-1-3-14(10-13)23-16(21)8-9-17-24-18(26-25-17)11-28-15-6-4-12(5-7-15)19(22)27/h1-10H,11H2,(H2,21,23)(H2,22,27)(H,24,25,26)/b9-8-. The Labute approximate surface area is 165 Å². The molecule has 142 valence electrons. The second-order valence-corrected chi connectivity index (χ2v) is 6.10. The van der Waals surface area contributed by atoms with E-state index in [2.05, 4.69) is 20.2 Å². The zero-order chi connectivity index (χ0) is 19.9. The van der Waals surface area contributed by atoms with Crippen LogP contribution in [0.2, 0.25) is 5.02 Å². The molecule has 1 amide bonds. The fourth-order valence-corrected chi connectivity index (χ4v) is 2.39. The van der Waals surface area contributed by atoms with Crippen molar-refractivity contribution in [3.05, 3.63) is 76.8 Å². The zero-order valence-corrected chi connectivity index (χ0v) is 15.4. The summed E-state index contributed by atoms with van der Waals surface area (Å²) in [5, 5.41) is 7.42. The molecule has 0 aliphatic rings. The average molecular weight is 397 g/mol. The molecule has 0 fully saturated rings. The third-order valence-corrected chi connectivity index (χ3v) is 3.77. The highest BCUT2D eigenvalue weighted by atomic mass is 35.5. The number of primary amides is 1. The number of carbonyl (C=O) groups is 1. The Morgan fingerprint density at radius 1 is 1.21 bits per heavy atom. The number of aliphatic imine (C=N–C) groups is 1. The van der Waals surface area contributed by atoms with Gasteiger partial charge in [0.05, 0.1) is 5.69 Å². The number of ether oxygens (including phenoxy) is 1. The van der Waals surface area contributed by atoms with Gasteiger partial charge in [0, 0.05) is 10.6 Å². The van der Waals surface area contributed by atoms with Gasteiger partial charge in [0.2, 0.25) is 5.91 Å². The molecule has 0 saturated carbocycles. The van der Waals surface area contributed by atoms with Crippen molar-refractivity contribution in [2.75, 3.05) is 0 Å².